The van der Waals surface area contributed by atoms with E-state index in [-0.39, 0.29) is 25.2 Å². The number of amides is 1. The molecule has 0 atom stereocenters. The van der Waals surface area contributed by atoms with Crippen molar-refractivity contribution in [3.8, 4) is 5.75 Å². The minimum Gasteiger partial charge on any atom is -0.497 e. The summed E-state index contributed by atoms with van der Waals surface area (Å²) < 4.78 is 43.7. The maximum atomic E-state index is 13.2. The number of hydrogen-bond donors (Lipinski definition) is 1. The Morgan fingerprint density at radius 3 is 2.56 bits per heavy atom. The Kier molecular flexibility index (Phi) is 7.32. The largest absolute Gasteiger partial charge is 0.497 e. The average Bonchev–Trinajstić information content (AvgIpc) is 2.63. The summed E-state index contributed by atoms with van der Waals surface area (Å²) >= 11 is 0. The molecule has 8 heteroatoms. The fourth-order valence-electron chi connectivity index (χ4n) is 2.55. The van der Waals surface area contributed by atoms with Crippen molar-refractivity contribution in [2.75, 3.05) is 33.0 Å². The first-order valence-corrected chi connectivity index (χ1v) is 10.3. The van der Waals surface area contributed by atoms with Gasteiger partial charge in [-0.1, -0.05) is 18.2 Å². The van der Waals surface area contributed by atoms with Gasteiger partial charge in [0.2, 0.25) is 10.0 Å². The molecule has 0 saturated carbocycles. The molecule has 2 rings (SSSR count). The van der Waals surface area contributed by atoms with Gasteiger partial charge in [-0.25, -0.2) is 17.1 Å². The Bertz CT molecular complexity index is 887. The number of carbonyl (C=O) groups excluding carboxylic acids is 1. The number of nitrogens with zero attached hydrogens (tertiary/aromatic N) is 1. The van der Waals surface area contributed by atoms with E-state index in [0.29, 0.717) is 12.2 Å². The molecule has 0 saturated heterocycles. The highest BCUT2D eigenvalue weighted by Crippen LogP contribution is 2.13. The second-order valence-corrected chi connectivity index (χ2v) is 8.01. The molecule has 2 aromatic carbocycles. The molecule has 0 aliphatic heterocycles. The lowest BCUT2D eigenvalue weighted by molar-refractivity contribution is 0.0951. The molecule has 0 aliphatic carbocycles. The lowest BCUT2D eigenvalue weighted by Gasteiger charge is -2.20. The van der Waals surface area contributed by atoms with Crippen molar-refractivity contribution >= 4 is 15.9 Å². The van der Waals surface area contributed by atoms with Crippen LogP contribution >= 0.6 is 0 Å². The molecule has 2 aromatic rings. The van der Waals surface area contributed by atoms with E-state index >= 15 is 0 Å². The summed E-state index contributed by atoms with van der Waals surface area (Å²) in [5.41, 5.74) is 1.14. The van der Waals surface area contributed by atoms with Crippen LogP contribution in [-0.2, 0) is 16.4 Å². The normalized spacial score (nSPS) is 11.4. The highest BCUT2D eigenvalue weighted by atomic mass is 32.2. The SMILES string of the molecule is COc1cccc(CCN(CCNC(=O)c2cccc(F)c2)S(C)(=O)=O)c1. The Morgan fingerprint density at radius 2 is 1.89 bits per heavy atom. The molecule has 0 fully saturated rings. The van der Waals surface area contributed by atoms with Gasteiger partial charge in [-0.3, -0.25) is 4.79 Å². The van der Waals surface area contributed by atoms with Crippen molar-refractivity contribution in [3.05, 3.63) is 65.5 Å². The summed E-state index contributed by atoms with van der Waals surface area (Å²) in [5.74, 6) is -0.241. The monoisotopic (exact) mass is 394 g/mol. The molecule has 0 heterocycles. The van der Waals surface area contributed by atoms with E-state index < -0.39 is 21.7 Å². The Morgan fingerprint density at radius 1 is 1.15 bits per heavy atom. The van der Waals surface area contributed by atoms with Crippen LogP contribution in [0.1, 0.15) is 15.9 Å². The van der Waals surface area contributed by atoms with Crippen molar-refractivity contribution in [1.82, 2.24) is 9.62 Å². The van der Waals surface area contributed by atoms with E-state index in [1.165, 1.54) is 22.5 Å². The highest BCUT2D eigenvalue weighted by molar-refractivity contribution is 7.88. The van der Waals surface area contributed by atoms with Crippen LogP contribution in [0.2, 0.25) is 0 Å². The molecule has 0 spiro atoms. The standard InChI is InChI=1S/C19H23FN2O4S/c1-26-18-8-3-5-15(13-18)9-11-22(27(2,24)25)12-10-21-19(23)16-6-4-7-17(20)14-16/h3-8,13-14H,9-12H2,1-2H3,(H,21,23). The van der Waals surface area contributed by atoms with Crippen molar-refractivity contribution in [2.45, 2.75) is 6.42 Å². The van der Waals surface area contributed by atoms with E-state index in [1.54, 1.807) is 7.11 Å². The zero-order chi connectivity index (χ0) is 19.9. The number of nitrogens with one attached hydrogen (secondary N) is 1. The van der Waals surface area contributed by atoms with E-state index in [0.717, 1.165) is 17.9 Å². The Hall–Kier alpha value is -2.45. The number of hydrogen-bond acceptors (Lipinski definition) is 4. The summed E-state index contributed by atoms with van der Waals surface area (Å²) in [6, 6.07) is 12.7. The predicted octanol–water partition coefficient (Wildman–Crippen LogP) is 2.07. The van der Waals surface area contributed by atoms with E-state index in [4.69, 9.17) is 4.74 Å². The summed E-state index contributed by atoms with van der Waals surface area (Å²) in [5, 5.41) is 2.61. The molecule has 146 valence electrons. The van der Waals surface area contributed by atoms with Crippen LogP contribution < -0.4 is 10.1 Å². The number of rotatable bonds is 9. The number of halogens is 1. The molecule has 27 heavy (non-hydrogen) atoms. The van der Waals surface area contributed by atoms with Gasteiger partial charge < -0.3 is 10.1 Å². The zero-order valence-corrected chi connectivity index (χ0v) is 16.1. The maximum Gasteiger partial charge on any atom is 0.251 e. The molecule has 1 N–H and O–H groups in total. The van der Waals surface area contributed by atoms with E-state index in [1.807, 2.05) is 24.3 Å². The van der Waals surface area contributed by atoms with Gasteiger partial charge in [0, 0.05) is 25.2 Å². The van der Waals surface area contributed by atoms with Gasteiger partial charge in [-0.2, -0.15) is 0 Å². The number of carbonyl (C=O) groups is 1. The molecule has 0 aliphatic rings. The summed E-state index contributed by atoms with van der Waals surface area (Å²) in [6.45, 7) is 0.534. The first-order valence-electron chi connectivity index (χ1n) is 8.41. The number of methoxy groups -OCH3 is 1. The van der Waals surface area contributed by atoms with Crippen molar-refractivity contribution in [3.63, 3.8) is 0 Å². The number of benzene rings is 2. The third kappa shape index (κ3) is 6.65. The number of sulfonamides is 1. The molecule has 6 nitrogen and oxygen atoms in total. The van der Waals surface area contributed by atoms with Crippen LogP contribution in [-0.4, -0.2) is 51.6 Å². The van der Waals surface area contributed by atoms with Crippen LogP contribution in [0.4, 0.5) is 4.39 Å². The first-order chi connectivity index (χ1) is 12.8. The maximum absolute atomic E-state index is 13.2. The average molecular weight is 394 g/mol. The molecule has 0 unspecified atom stereocenters. The second kappa shape index (κ2) is 9.48. The first kappa shape index (κ1) is 20.9. The highest BCUT2D eigenvalue weighted by Gasteiger charge is 2.17. The second-order valence-electron chi connectivity index (χ2n) is 6.03. The molecular weight excluding hydrogens is 371 g/mol. The van der Waals surface area contributed by atoms with Crippen LogP contribution in [0.3, 0.4) is 0 Å². The lowest BCUT2D eigenvalue weighted by atomic mass is 10.1. The van der Waals surface area contributed by atoms with Gasteiger partial charge in [0.05, 0.1) is 13.4 Å². The summed E-state index contributed by atoms with van der Waals surface area (Å²) in [4.78, 5) is 12.0. The van der Waals surface area contributed by atoms with Crippen molar-refractivity contribution in [1.29, 1.82) is 0 Å². The van der Waals surface area contributed by atoms with Crippen molar-refractivity contribution in [2.24, 2.45) is 0 Å². The molecular formula is C19H23FN2O4S. The molecule has 0 radical (unpaired) electrons. The van der Waals surface area contributed by atoms with E-state index in [9.17, 15) is 17.6 Å². The number of ether oxygens (including phenoxy) is 1. The van der Waals surface area contributed by atoms with Gasteiger partial charge in [-0.15, -0.1) is 0 Å². The fourth-order valence-corrected chi connectivity index (χ4v) is 3.40. The van der Waals surface area contributed by atoms with Gasteiger partial charge in [0.1, 0.15) is 11.6 Å². The topological polar surface area (TPSA) is 75.7 Å². The van der Waals surface area contributed by atoms with Crippen molar-refractivity contribution < 1.29 is 22.3 Å². The summed E-state index contributed by atoms with van der Waals surface area (Å²) in [7, 11) is -1.86. The van der Waals surface area contributed by atoms with Crippen LogP contribution in [0, 0.1) is 5.82 Å². The Labute approximate surface area is 159 Å². The van der Waals surface area contributed by atoms with E-state index in [2.05, 4.69) is 5.32 Å². The molecule has 1 amide bonds. The van der Waals surface area contributed by atoms with Gasteiger partial charge in [0.15, 0.2) is 0 Å². The van der Waals surface area contributed by atoms with Gasteiger partial charge in [0.25, 0.3) is 5.91 Å². The third-order valence-electron chi connectivity index (χ3n) is 3.99. The lowest BCUT2D eigenvalue weighted by Crippen LogP contribution is -2.39. The van der Waals surface area contributed by atoms with Crippen LogP contribution in [0.25, 0.3) is 0 Å². The minimum absolute atomic E-state index is 0.126. The molecule has 0 bridgehead atoms. The predicted molar refractivity (Wildman–Crippen MR) is 102 cm³/mol. The third-order valence-corrected chi connectivity index (χ3v) is 5.29. The zero-order valence-electron chi connectivity index (χ0n) is 15.3. The molecule has 0 aromatic heterocycles. The summed E-state index contributed by atoms with van der Waals surface area (Å²) in [6.07, 6.45) is 1.65. The van der Waals surface area contributed by atoms with Gasteiger partial charge in [-0.05, 0) is 42.3 Å². The smallest absolute Gasteiger partial charge is 0.251 e. The minimum atomic E-state index is -3.43. The van der Waals surface area contributed by atoms with Gasteiger partial charge >= 0.3 is 0 Å². The fraction of sp³-hybridized carbons (Fsp3) is 0.316. The Balaban J connectivity index is 1.91. The van der Waals surface area contributed by atoms with Crippen LogP contribution in [0.5, 0.6) is 5.75 Å². The quantitative estimate of drug-likeness (QED) is 0.707. The van der Waals surface area contributed by atoms with Crippen LogP contribution in [0.15, 0.2) is 48.5 Å².